The lowest BCUT2D eigenvalue weighted by Crippen LogP contribution is -2.50. The third-order valence-corrected chi connectivity index (χ3v) is 6.06. The Morgan fingerprint density at radius 2 is 1.20 bits per heavy atom. The molecule has 0 spiro atoms. The van der Waals surface area contributed by atoms with Crippen molar-refractivity contribution in [3.8, 4) is 0 Å². The second-order valence-electron chi connectivity index (χ2n) is 9.98. The zero-order valence-electron chi connectivity index (χ0n) is 23.3. The van der Waals surface area contributed by atoms with Crippen LogP contribution in [0.4, 0.5) is 16.2 Å². The first kappa shape index (κ1) is 32.3. The number of amides is 1. The van der Waals surface area contributed by atoms with Crippen molar-refractivity contribution in [1.82, 2.24) is 20.2 Å². The van der Waals surface area contributed by atoms with E-state index in [0.29, 0.717) is 31.9 Å². The standard InChI is InChI=1S/C16H23N3O4.C11H15N3O2.CH4/c1-16(2,3)23-15(21)19-9-7-18(8-10-19)12-5-6-13(17-11-12)14(20)22-4;1-16-11(15)10-3-2-9(8-13-10)14-6-4-12-5-7-14;/h5-6,11H,7-10H2,1-4H3;2-3,8,12H,4-7H2,1H3;1H4. The van der Waals surface area contributed by atoms with Crippen molar-refractivity contribution in [3.63, 3.8) is 0 Å². The van der Waals surface area contributed by atoms with E-state index >= 15 is 0 Å². The van der Waals surface area contributed by atoms with Crippen LogP contribution < -0.4 is 15.1 Å². The molecule has 1 N–H and O–H groups in total. The number of nitrogens with one attached hydrogen (secondary N) is 1. The molecule has 2 aliphatic rings. The summed E-state index contributed by atoms with van der Waals surface area (Å²) in [6, 6.07) is 7.08. The van der Waals surface area contributed by atoms with Gasteiger partial charge in [-0.25, -0.2) is 24.4 Å². The Morgan fingerprint density at radius 3 is 1.57 bits per heavy atom. The third-order valence-electron chi connectivity index (χ3n) is 6.06. The number of ether oxygens (including phenoxy) is 3. The average molecular weight is 559 g/mol. The van der Waals surface area contributed by atoms with Gasteiger partial charge in [0.25, 0.3) is 0 Å². The number of piperazine rings is 2. The Hall–Kier alpha value is -3.93. The predicted octanol–water partition coefficient (Wildman–Crippen LogP) is 2.84. The topological polar surface area (TPSA) is 126 Å². The molecular weight excluding hydrogens is 516 g/mol. The number of methoxy groups -OCH3 is 2. The van der Waals surface area contributed by atoms with Crippen molar-refractivity contribution in [2.24, 2.45) is 0 Å². The second kappa shape index (κ2) is 15.0. The Kier molecular flexibility index (Phi) is 12.1. The van der Waals surface area contributed by atoms with Gasteiger partial charge in [0, 0.05) is 52.4 Å². The molecule has 12 nitrogen and oxygen atoms in total. The molecule has 0 atom stereocenters. The number of carbonyl (C=O) groups excluding carboxylic acids is 3. The maximum Gasteiger partial charge on any atom is 0.410 e. The van der Waals surface area contributed by atoms with E-state index in [-0.39, 0.29) is 19.2 Å². The van der Waals surface area contributed by atoms with Gasteiger partial charge in [-0.1, -0.05) is 7.43 Å². The minimum atomic E-state index is -0.484. The molecule has 2 aliphatic heterocycles. The van der Waals surface area contributed by atoms with Crippen molar-refractivity contribution >= 4 is 29.4 Å². The van der Waals surface area contributed by atoms with E-state index in [0.717, 1.165) is 37.6 Å². The van der Waals surface area contributed by atoms with Gasteiger partial charge in [-0.15, -0.1) is 0 Å². The summed E-state index contributed by atoms with van der Waals surface area (Å²) in [4.78, 5) is 48.9. The summed E-state index contributed by atoms with van der Waals surface area (Å²) in [6.45, 7) is 12.1. The molecule has 0 saturated carbocycles. The maximum atomic E-state index is 12.0. The highest BCUT2D eigenvalue weighted by Gasteiger charge is 2.26. The van der Waals surface area contributed by atoms with Crippen molar-refractivity contribution < 1.29 is 28.6 Å². The highest BCUT2D eigenvalue weighted by atomic mass is 16.6. The lowest BCUT2D eigenvalue weighted by atomic mass is 10.2. The summed E-state index contributed by atoms with van der Waals surface area (Å²) in [5.74, 6) is -0.849. The quantitative estimate of drug-likeness (QED) is 0.440. The zero-order valence-corrected chi connectivity index (χ0v) is 23.3. The van der Waals surface area contributed by atoms with Crippen molar-refractivity contribution in [2.45, 2.75) is 33.8 Å². The van der Waals surface area contributed by atoms with Crippen LogP contribution in [-0.2, 0) is 14.2 Å². The Labute approximate surface area is 236 Å². The summed E-state index contributed by atoms with van der Waals surface area (Å²) in [5, 5.41) is 3.29. The van der Waals surface area contributed by atoms with E-state index in [9.17, 15) is 14.4 Å². The SMILES string of the molecule is C.COC(=O)c1ccc(N2CCN(C(=O)OC(C)(C)C)CC2)cn1.COC(=O)c1ccc(N2CCNCC2)cn1. The molecule has 220 valence electrons. The lowest BCUT2D eigenvalue weighted by molar-refractivity contribution is 0.0240. The van der Waals surface area contributed by atoms with Crippen LogP contribution >= 0.6 is 0 Å². The molecule has 12 heteroatoms. The second-order valence-corrected chi connectivity index (χ2v) is 9.98. The monoisotopic (exact) mass is 558 g/mol. The number of esters is 2. The van der Waals surface area contributed by atoms with E-state index in [1.165, 1.54) is 14.2 Å². The molecule has 40 heavy (non-hydrogen) atoms. The van der Waals surface area contributed by atoms with Crippen LogP contribution in [0.2, 0.25) is 0 Å². The molecule has 4 heterocycles. The molecule has 2 saturated heterocycles. The van der Waals surface area contributed by atoms with E-state index in [1.807, 2.05) is 32.9 Å². The van der Waals surface area contributed by atoms with E-state index in [2.05, 4.69) is 34.6 Å². The van der Waals surface area contributed by atoms with Crippen LogP contribution in [0.15, 0.2) is 36.7 Å². The van der Waals surface area contributed by atoms with Crippen LogP contribution in [-0.4, -0.2) is 105 Å². The minimum absolute atomic E-state index is 0. The molecule has 2 fully saturated rings. The molecule has 0 radical (unpaired) electrons. The van der Waals surface area contributed by atoms with Crippen LogP contribution in [0.1, 0.15) is 49.2 Å². The molecule has 0 bridgehead atoms. The Bertz CT molecular complexity index is 1090. The van der Waals surface area contributed by atoms with Gasteiger partial charge in [-0.05, 0) is 45.0 Å². The van der Waals surface area contributed by atoms with Gasteiger partial charge in [0.05, 0.1) is 38.0 Å². The van der Waals surface area contributed by atoms with Crippen molar-refractivity contribution in [1.29, 1.82) is 0 Å². The minimum Gasteiger partial charge on any atom is -0.464 e. The summed E-state index contributed by atoms with van der Waals surface area (Å²) >= 11 is 0. The zero-order chi connectivity index (χ0) is 28.4. The number of aromatic nitrogens is 2. The fourth-order valence-electron chi connectivity index (χ4n) is 3.99. The number of hydrogen-bond acceptors (Lipinski definition) is 11. The van der Waals surface area contributed by atoms with Crippen LogP contribution in [0, 0.1) is 0 Å². The largest absolute Gasteiger partial charge is 0.464 e. The summed E-state index contributed by atoms with van der Waals surface area (Å²) in [7, 11) is 2.68. The first-order valence-electron chi connectivity index (χ1n) is 12.9. The van der Waals surface area contributed by atoms with E-state index < -0.39 is 17.5 Å². The van der Waals surface area contributed by atoms with Gasteiger partial charge in [0.1, 0.15) is 17.0 Å². The fraction of sp³-hybridized carbons (Fsp3) is 0.536. The first-order chi connectivity index (χ1) is 18.6. The Morgan fingerprint density at radius 1 is 0.750 bits per heavy atom. The molecule has 2 aromatic rings. The number of carbonyl (C=O) groups is 3. The van der Waals surface area contributed by atoms with Gasteiger partial charge in [0.15, 0.2) is 0 Å². The highest BCUT2D eigenvalue weighted by molar-refractivity contribution is 5.87. The summed E-state index contributed by atoms with van der Waals surface area (Å²) in [6.07, 6.45) is 3.09. The first-order valence-corrected chi connectivity index (χ1v) is 12.9. The van der Waals surface area contributed by atoms with Gasteiger partial charge in [-0.3, -0.25) is 0 Å². The molecule has 0 aliphatic carbocycles. The average Bonchev–Trinajstić information content (AvgIpc) is 2.96. The predicted molar refractivity (Wildman–Crippen MR) is 153 cm³/mol. The highest BCUT2D eigenvalue weighted by Crippen LogP contribution is 2.18. The lowest BCUT2D eigenvalue weighted by Gasteiger charge is -2.36. The van der Waals surface area contributed by atoms with Gasteiger partial charge in [0.2, 0.25) is 0 Å². The molecule has 0 aromatic carbocycles. The summed E-state index contributed by atoms with van der Waals surface area (Å²) in [5.41, 5.74) is 2.11. The normalized spacial score (nSPS) is 15.2. The van der Waals surface area contributed by atoms with Crippen LogP contribution in [0.25, 0.3) is 0 Å². The van der Waals surface area contributed by atoms with Crippen molar-refractivity contribution in [2.75, 3.05) is 76.4 Å². The maximum absolute atomic E-state index is 12.0. The third kappa shape index (κ3) is 9.37. The van der Waals surface area contributed by atoms with Gasteiger partial charge in [-0.2, -0.15) is 0 Å². The van der Waals surface area contributed by atoms with Gasteiger partial charge >= 0.3 is 18.0 Å². The molecular formula is C28H42N6O6. The molecule has 1 amide bonds. The number of nitrogens with zero attached hydrogens (tertiary/aromatic N) is 5. The number of pyridine rings is 2. The Balaban J connectivity index is 0.000000290. The van der Waals surface area contributed by atoms with Crippen molar-refractivity contribution in [3.05, 3.63) is 48.0 Å². The van der Waals surface area contributed by atoms with Crippen LogP contribution in [0.5, 0.6) is 0 Å². The number of hydrogen-bond donors (Lipinski definition) is 1. The molecule has 0 unspecified atom stereocenters. The van der Waals surface area contributed by atoms with Gasteiger partial charge < -0.3 is 34.2 Å². The number of anilines is 2. The smallest absolute Gasteiger partial charge is 0.410 e. The fourth-order valence-corrected chi connectivity index (χ4v) is 3.99. The summed E-state index contributed by atoms with van der Waals surface area (Å²) < 4.78 is 14.6. The molecule has 2 aromatic heterocycles. The van der Waals surface area contributed by atoms with E-state index in [1.54, 1.807) is 29.4 Å². The molecule has 4 rings (SSSR count). The van der Waals surface area contributed by atoms with E-state index in [4.69, 9.17) is 4.74 Å². The number of rotatable bonds is 4. The van der Waals surface area contributed by atoms with Crippen LogP contribution in [0.3, 0.4) is 0 Å².